The second kappa shape index (κ2) is 6.52. The summed E-state index contributed by atoms with van der Waals surface area (Å²) < 4.78 is 5.34. The van der Waals surface area contributed by atoms with Gasteiger partial charge in [-0.25, -0.2) is 0 Å². The van der Waals surface area contributed by atoms with Gasteiger partial charge in [-0.05, 0) is 25.0 Å². The summed E-state index contributed by atoms with van der Waals surface area (Å²) >= 11 is 0. The van der Waals surface area contributed by atoms with Crippen LogP contribution < -0.4 is 5.32 Å². The first-order valence-corrected chi connectivity index (χ1v) is 6.44. The number of methoxy groups -OCH3 is 1. The molecule has 0 radical (unpaired) electrons. The Morgan fingerprint density at radius 3 is 2.50 bits per heavy atom. The number of carbonyl (C=O) groups is 1. The molecule has 1 atom stereocenters. The maximum atomic E-state index is 12.2. The Hall–Kier alpha value is -1.39. The molecule has 1 fully saturated rings. The van der Waals surface area contributed by atoms with Crippen molar-refractivity contribution in [3.05, 3.63) is 30.3 Å². The van der Waals surface area contributed by atoms with Crippen LogP contribution in [-0.4, -0.2) is 37.2 Å². The maximum Gasteiger partial charge on any atom is 0.268 e. The van der Waals surface area contributed by atoms with E-state index in [-0.39, 0.29) is 5.91 Å². The van der Waals surface area contributed by atoms with Crippen LogP contribution in [0, 0.1) is 0 Å². The summed E-state index contributed by atoms with van der Waals surface area (Å²) in [6.45, 7) is 1.86. The zero-order chi connectivity index (χ0) is 12.8. The third kappa shape index (κ3) is 3.31. The van der Waals surface area contributed by atoms with Gasteiger partial charge in [-0.1, -0.05) is 24.6 Å². The van der Waals surface area contributed by atoms with Crippen molar-refractivity contribution in [1.82, 2.24) is 4.90 Å². The number of ether oxygens (including phenoxy) is 1. The lowest BCUT2D eigenvalue weighted by Gasteiger charge is -2.32. The first kappa shape index (κ1) is 13.1. The molecule has 18 heavy (non-hydrogen) atoms. The lowest BCUT2D eigenvalue weighted by Crippen LogP contribution is -2.47. The third-order valence-electron chi connectivity index (χ3n) is 3.21. The van der Waals surface area contributed by atoms with Crippen molar-refractivity contribution in [3.8, 4) is 0 Å². The maximum absolute atomic E-state index is 12.2. The molecule has 1 unspecified atom stereocenters. The number of carbonyl (C=O) groups excluding carboxylic acids is 1. The summed E-state index contributed by atoms with van der Waals surface area (Å²) in [5.41, 5.74) is 0.807. The summed E-state index contributed by atoms with van der Waals surface area (Å²) in [5, 5.41) is 2.88. The van der Waals surface area contributed by atoms with Gasteiger partial charge in [-0.2, -0.15) is 0 Å². The second-order valence-corrected chi connectivity index (χ2v) is 4.54. The average Bonchev–Trinajstić information content (AvgIpc) is 2.42. The van der Waals surface area contributed by atoms with Crippen LogP contribution in [-0.2, 0) is 9.53 Å². The van der Waals surface area contributed by atoms with Crippen molar-refractivity contribution >= 4 is 11.6 Å². The number of benzene rings is 1. The molecular formula is C14H20N2O2. The molecule has 1 aliphatic rings. The van der Waals surface area contributed by atoms with Crippen LogP contribution in [0.25, 0.3) is 0 Å². The van der Waals surface area contributed by atoms with Gasteiger partial charge in [0.2, 0.25) is 0 Å². The van der Waals surface area contributed by atoms with Crippen LogP contribution in [0.5, 0.6) is 0 Å². The Balaban J connectivity index is 1.96. The molecule has 1 aromatic carbocycles. The summed E-state index contributed by atoms with van der Waals surface area (Å²) in [7, 11) is 1.59. The number of para-hydroxylation sites is 1. The average molecular weight is 248 g/mol. The third-order valence-corrected chi connectivity index (χ3v) is 3.21. The topological polar surface area (TPSA) is 41.6 Å². The van der Waals surface area contributed by atoms with Crippen molar-refractivity contribution in [2.45, 2.75) is 25.5 Å². The highest BCUT2D eigenvalue weighted by Gasteiger charge is 2.26. The number of likely N-dealkylation sites (tertiary alicyclic amines) is 1. The van der Waals surface area contributed by atoms with E-state index in [9.17, 15) is 4.79 Å². The fourth-order valence-electron chi connectivity index (χ4n) is 2.30. The van der Waals surface area contributed by atoms with Crippen LogP contribution in [0.2, 0.25) is 0 Å². The largest absolute Gasteiger partial charge is 0.357 e. The van der Waals surface area contributed by atoms with Crippen LogP contribution in [0.15, 0.2) is 30.3 Å². The van der Waals surface area contributed by atoms with E-state index in [2.05, 4.69) is 10.2 Å². The number of nitrogens with zero attached hydrogens (tertiary/aromatic N) is 1. The van der Waals surface area contributed by atoms with Gasteiger partial charge >= 0.3 is 0 Å². The fourth-order valence-corrected chi connectivity index (χ4v) is 2.30. The molecule has 1 heterocycles. The summed E-state index contributed by atoms with van der Waals surface area (Å²) in [4.78, 5) is 14.3. The van der Waals surface area contributed by atoms with Gasteiger partial charge in [0.05, 0.1) is 0 Å². The van der Waals surface area contributed by atoms with Crippen LogP contribution in [0.3, 0.4) is 0 Å². The normalized spacial score (nSPS) is 18.3. The molecule has 4 nitrogen and oxygen atoms in total. The van der Waals surface area contributed by atoms with Gasteiger partial charge in [0, 0.05) is 25.9 Å². The summed E-state index contributed by atoms with van der Waals surface area (Å²) in [6, 6.07) is 9.48. The molecule has 1 N–H and O–H groups in total. The van der Waals surface area contributed by atoms with Crippen LogP contribution in [0.1, 0.15) is 19.3 Å². The van der Waals surface area contributed by atoms with E-state index in [0.717, 1.165) is 31.6 Å². The SMILES string of the molecule is COC(C(=O)Nc1ccccc1)N1CCCCC1. The Bertz CT molecular complexity index is 375. The molecule has 0 saturated carbocycles. The Kier molecular flexibility index (Phi) is 4.73. The zero-order valence-electron chi connectivity index (χ0n) is 10.8. The van der Waals surface area contributed by atoms with E-state index in [4.69, 9.17) is 4.74 Å². The molecule has 0 spiro atoms. The fraction of sp³-hybridized carbons (Fsp3) is 0.500. The standard InChI is InChI=1S/C14H20N2O2/c1-18-14(16-10-6-3-7-11-16)13(17)15-12-8-4-2-5-9-12/h2,4-5,8-9,14H,3,6-7,10-11H2,1H3,(H,15,17). The predicted molar refractivity (Wildman–Crippen MR) is 71.3 cm³/mol. The molecule has 1 amide bonds. The minimum atomic E-state index is -0.481. The molecular weight excluding hydrogens is 228 g/mol. The number of rotatable bonds is 4. The second-order valence-electron chi connectivity index (χ2n) is 4.54. The predicted octanol–water partition coefficient (Wildman–Crippen LogP) is 2.08. The van der Waals surface area contributed by atoms with Crippen molar-refractivity contribution in [3.63, 3.8) is 0 Å². The van der Waals surface area contributed by atoms with Gasteiger partial charge < -0.3 is 10.1 Å². The molecule has 2 rings (SSSR count). The van der Waals surface area contributed by atoms with Crippen LogP contribution in [0.4, 0.5) is 5.69 Å². The molecule has 1 saturated heterocycles. The lowest BCUT2D eigenvalue weighted by molar-refractivity contribution is -0.138. The van der Waals surface area contributed by atoms with Gasteiger partial charge in [0.25, 0.3) is 5.91 Å². The molecule has 4 heteroatoms. The number of hydrogen-bond acceptors (Lipinski definition) is 3. The molecule has 1 aromatic rings. The van der Waals surface area contributed by atoms with E-state index >= 15 is 0 Å². The minimum absolute atomic E-state index is 0.0920. The summed E-state index contributed by atoms with van der Waals surface area (Å²) in [5.74, 6) is -0.0920. The number of nitrogens with one attached hydrogen (secondary N) is 1. The molecule has 0 aliphatic carbocycles. The van der Waals surface area contributed by atoms with Gasteiger partial charge in [0.15, 0.2) is 6.23 Å². The van der Waals surface area contributed by atoms with Crippen molar-refractivity contribution in [1.29, 1.82) is 0 Å². The lowest BCUT2D eigenvalue weighted by atomic mass is 10.1. The van der Waals surface area contributed by atoms with E-state index in [0.29, 0.717) is 0 Å². The smallest absolute Gasteiger partial charge is 0.268 e. The first-order valence-electron chi connectivity index (χ1n) is 6.44. The van der Waals surface area contributed by atoms with Gasteiger partial charge in [0.1, 0.15) is 0 Å². The number of anilines is 1. The molecule has 98 valence electrons. The quantitative estimate of drug-likeness (QED) is 0.887. The van der Waals surface area contributed by atoms with Crippen molar-refractivity contribution in [2.24, 2.45) is 0 Å². The van der Waals surface area contributed by atoms with Gasteiger partial charge in [-0.3, -0.25) is 9.69 Å². The van der Waals surface area contributed by atoms with Crippen molar-refractivity contribution < 1.29 is 9.53 Å². The highest BCUT2D eigenvalue weighted by Crippen LogP contribution is 2.14. The first-order chi connectivity index (χ1) is 8.81. The van der Waals surface area contributed by atoms with E-state index in [1.807, 2.05) is 30.3 Å². The van der Waals surface area contributed by atoms with Crippen molar-refractivity contribution in [2.75, 3.05) is 25.5 Å². The van der Waals surface area contributed by atoms with Crippen LogP contribution >= 0.6 is 0 Å². The molecule has 0 bridgehead atoms. The minimum Gasteiger partial charge on any atom is -0.357 e. The number of hydrogen-bond donors (Lipinski definition) is 1. The highest BCUT2D eigenvalue weighted by atomic mass is 16.5. The number of amides is 1. The Labute approximate surface area is 108 Å². The molecule has 0 aromatic heterocycles. The monoisotopic (exact) mass is 248 g/mol. The van der Waals surface area contributed by atoms with Gasteiger partial charge in [-0.15, -0.1) is 0 Å². The Morgan fingerprint density at radius 1 is 1.22 bits per heavy atom. The number of piperidine rings is 1. The van der Waals surface area contributed by atoms with E-state index < -0.39 is 6.23 Å². The zero-order valence-corrected chi connectivity index (χ0v) is 10.8. The highest BCUT2D eigenvalue weighted by molar-refractivity contribution is 5.93. The Morgan fingerprint density at radius 2 is 1.89 bits per heavy atom. The summed E-state index contributed by atoms with van der Waals surface area (Å²) in [6.07, 6.45) is 3.04. The molecule has 1 aliphatic heterocycles. The van der Waals surface area contributed by atoms with E-state index in [1.54, 1.807) is 7.11 Å². The van der Waals surface area contributed by atoms with E-state index in [1.165, 1.54) is 6.42 Å².